The number of esters is 1. The second-order valence-corrected chi connectivity index (χ2v) is 4.51. The van der Waals surface area contributed by atoms with E-state index in [1.807, 2.05) is 20.8 Å². The highest BCUT2D eigenvalue weighted by Gasteiger charge is 2.23. The molecule has 16 heavy (non-hydrogen) atoms. The summed E-state index contributed by atoms with van der Waals surface area (Å²) in [4.78, 5) is 15.8. The van der Waals surface area contributed by atoms with Crippen molar-refractivity contribution >= 4 is 22.6 Å². The van der Waals surface area contributed by atoms with E-state index in [4.69, 9.17) is 4.74 Å². The maximum atomic E-state index is 11.5. The Labute approximate surface area is 99.4 Å². The van der Waals surface area contributed by atoms with Gasteiger partial charge in [0.2, 0.25) is 5.13 Å². The van der Waals surface area contributed by atoms with Gasteiger partial charge in [-0.15, -0.1) is 0 Å². The van der Waals surface area contributed by atoms with Gasteiger partial charge in [-0.25, -0.2) is 9.78 Å². The zero-order chi connectivity index (χ0) is 12.1. The first kappa shape index (κ1) is 12.9. The smallest absolute Gasteiger partial charge is 0.328 e. The number of nitrogens with one attached hydrogen (secondary N) is 1. The summed E-state index contributed by atoms with van der Waals surface area (Å²) in [7, 11) is 1.39. The predicted octanol–water partition coefficient (Wildman–Crippen LogP) is 1.71. The summed E-state index contributed by atoms with van der Waals surface area (Å²) in [6, 6.07) is -0.373. The number of aryl methyl sites for hydroxylation is 1. The van der Waals surface area contributed by atoms with Gasteiger partial charge in [0.05, 0.1) is 7.11 Å². The molecule has 0 aliphatic heterocycles. The van der Waals surface area contributed by atoms with Crippen LogP contribution in [0, 0.1) is 5.92 Å². The second kappa shape index (κ2) is 5.79. The maximum absolute atomic E-state index is 11.5. The minimum absolute atomic E-state index is 0.140. The first-order chi connectivity index (χ1) is 7.58. The molecule has 0 aromatic carbocycles. The standard InChI is InChI=1S/C10H17N3O2S/c1-5-7-11-10(16-13-7)12-8(6(2)3)9(14)15-4/h6,8H,5H2,1-4H3,(H,11,12,13). The number of hydrogen-bond donors (Lipinski definition) is 1. The maximum Gasteiger partial charge on any atom is 0.328 e. The van der Waals surface area contributed by atoms with Gasteiger partial charge in [-0.1, -0.05) is 20.8 Å². The molecule has 1 aromatic heterocycles. The number of nitrogens with zero attached hydrogens (tertiary/aromatic N) is 2. The minimum atomic E-state index is -0.373. The first-order valence-corrected chi connectivity index (χ1v) is 6.02. The number of ether oxygens (including phenoxy) is 1. The van der Waals surface area contributed by atoms with Gasteiger partial charge in [0.15, 0.2) is 0 Å². The van der Waals surface area contributed by atoms with Crippen molar-refractivity contribution in [1.29, 1.82) is 0 Å². The van der Waals surface area contributed by atoms with Crippen molar-refractivity contribution in [3.05, 3.63) is 5.82 Å². The molecule has 1 rings (SSSR count). The lowest BCUT2D eigenvalue weighted by atomic mass is 10.1. The molecule has 5 nitrogen and oxygen atoms in total. The predicted molar refractivity (Wildman–Crippen MR) is 63.6 cm³/mol. The number of aromatic nitrogens is 2. The lowest BCUT2D eigenvalue weighted by molar-refractivity contribution is -0.142. The molecule has 6 heteroatoms. The molecule has 1 N–H and O–H groups in total. The lowest BCUT2D eigenvalue weighted by Crippen LogP contribution is -2.35. The summed E-state index contributed by atoms with van der Waals surface area (Å²) in [6.45, 7) is 5.90. The number of hydrogen-bond acceptors (Lipinski definition) is 6. The lowest BCUT2D eigenvalue weighted by Gasteiger charge is -2.18. The van der Waals surface area contributed by atoms with Crippen molar-refractivity contribution in [2.75, 3.05) is 12.4 Å². The Morgan fingerprint density at radius 1 is 1.56 bits per heavy atom. The SMILES string of the molecule is CCc1nsc(NC(C(=O)OC)C(C)C)n1. The van der Waals surface area contributed by atoms with Gasteiger partial charge in [0, 0.05) is 18.0 Å². The highest BCUT2D eigenvalue weighted by molar-refractivity contribution is 7.09. The van der Waals surface area contributed by atoms with Crippen LogP contribution in [0.5, 0.6) is 0 Å². The second-order valence-electron chi connectivity index (χ2n) is 3.76. The van der Waals surface area contributed by atoms with Crippen molar-refractivity contribution in [3.63, 3.8) is 0 Å². The van der Waals surface area contributed by atoms with Gasteiger partial charge < -0.3 is 10.1 Å². The van der Waals surface area contributed by atoms with Crippen LogP contribution in [-0.4, -0.2) is 28.5 Å². The van der Waals surface area contributed by atoms with E-state index in [-0.39, 0.29) is 17.9 Å². The van der Waals surface area contributed by atoms with Crippen LogP contribution in [0.25, 0.3) is 0 Å². The number of methoxy groups -OCH3 is 1. The molecule has 1 unspecified atom stereocenters. The number of anilines is 1. The Kier molecular flexibility index (Phi) is 4.67. The highest BCUT2D eigenvalue weighted by Crippen LogP contribution is 2.16. The number of carbonyl (C=O) groups excluding carboxylic acids is 1. The highest BCUT2D eigenvalue weighted by atomic mass is 32.1. The van der Waals surface area contributed by atoms with Crippen molar-refractivity contribution in [2.45, 2.75) is 33.2 Å². The van der Waals surface area contributed by atoms with Crippen LogP contribution in [0.3, 0.4) is 0 Å². The Morgan fingerprint density at radius 3 is 2.69 bits per heavy atom. The molecule has 1 aromatic rings. The van der Waals surface area contributed by atoms with Gasteiger partial charge in [-0.05, 0) is 5.92 Å². The molecule has 90 valence electrons. The number of carbonyl (C=O) groups is 1. The summed E-state index contributed by atoms with van der Waals surface area (Å²) in [5.41, 5.74) is 0. The molecule has 0 aliphatic carbocycles. The Bertz CT molecular complexity index is 352. The fourth-order valence-corrected chi connectivity index (χ4v) is 1.90. The molecule has 0 bridgehead atoms. The van der Waals surface area contributed by atoms with E-state index in [0.29, 0.717) is 5.13 Å². The van der Waals surface area contributed by atoms with Gasteiger partial charge in [0.1, 0.15) is 11.9 Å². The van der Waals surface area contributed by atoms with Gasteiger partial charge in [-0.2, -0.15) is 4.37 Å². The molecule has 0 radical (unpaired) electrons. The van der Waals surface area contributed by atoms with Crippen LogP contribution in [-0.2, 0) is 16.0 Å². The van der Waals surface area contributed by atoms with Gasteiger partial charge in [-0.3, -0.25) is 0 Å². The third kappa shape index (κ3) is 3.16. The van der Waals surface area contributed by atoms with Crippen molar-refractivity contribution in [1.82, 2.24) is 9.36 Å². The normalized spacial score (nSPS) is 12.6. The van der Waals surface area contributed by atoms with Gasteiger partial charge in [0.25, 0.3) is 0 Å². The monoisotopic (exact) mass is 243 g/mol. The third-order valence-electron chi connectivity index (χ3n) is 2.19. The number of rotatable bonds is 5. The van der Waals surface area contributed by atoms with E-state index in [1.165, 1.54) is 18.6 Å². The van der Waals surface area contributed by atoms with E-state index in [0.717, 1.165) is 12.2 Å². The zero-order valence-electron chi connectivity index (χ0n) is 9.98. The van der Waals surface area contributed by atoms with Crippen molar-refractivity contribution < 1.29 is 9.53 Å². The zero-order valence-corrected chi connectivity index (χ0v) is 10.8. The molecular weight excluding hydrogens is 226 g/mol. The van der Waals surface area contributed by atoms with Crippen LogP contribution >= 0.6 is 11.5 Å². The molecular formula is C10H17N3O2S. The van der Waals surface area contributed by atoms with Gasteiger partial charge >= 0.3 is 5.97 Å². The van der Waals surface area contributed by atoms with Crippen LogP contribution in [0.15, 0.2) is 0 Å². The fourth-order valence-electron chi connectivity index (χ4n) is 1.21. The first-order valence-electron chi connectivity index (χ1n) is 5.25. The van der Waals surface area contributed by atoms with Crippen LogP contribution in [0.1, 0.15) is 26.6 Å². The van der Waals surface area contributed by atoms with E-state index in [1.54, 1.807) is 0 Å². The van der Waals surface area contributed by atoms with Crippen molar-refractivity contribution in [3.8, 4) is 0 Å². The topological polar surface area (TPSA) is 64.1 Å². The molecule has 0 saturated carbocycles. The molecule has 0 aliphatic rings. The van der Waals surface area contributed by atoms with Crippen molar-refractivity contribution in [2.24, 2.45) is 5.92 Å². The largest absolute Gasteiger partial charge is 0.467 e. The molecule has 0 spiro atoms. The Morgan fingerprint density at radius 2 is 2.25 bits per heavy atom. The molecule has 0 amide bonds. The Hall–Kier alpha value is -1.17. The summed E-state index contributed by atoms with van der Waals surface area (Å²) >= 11 is 1.27. The quantitative estimate of drug-likeness (QED) is 0.798. The summed E-state index contributed by atoms with van der Waals surface area (Å²) < 4.78 is 8.88. The van der Waals surface area contributed by atoms with E-state index in [9.17, 15) is 4.79 Å². The van der Waals surface area contributed by atoms with Crippen LogP contribution < -0.4 is 5.32 Å². The van der Waals surface area contributed by atoms with Crippen LogP contribution in [0.4, 0.5) is 5.13 Å². The van der Waals surface area contributed by atoms with E-state index < -0.39 is 0 Å². The van der Waals surface area contributed by atoms with Crippen LogP contribution in [0.2, 0.25) is 0 Å². The molecule has 1 atom stereocenters. The molecule has 0 saturated heterocycles. The average Bonchev–Trinajstić information content (AvgIpc) is 2.72. The fraction of sp³-hybridized carbons (Fsp3) is 0.700. The third-order valence-corrected chi connectivity index (χ3v) is 2.87. The molecule has 1 heterocycles. The average molecular weight is 243 g/mol. The van der Waals surface area contributed by atoms with E-state index >= 15 is 0 Å². The summed E-state index contributed by atoms with van der Waals surface area (Å²) in [6.07, 6.45) is 0.794. The summed E-state index contributed by atoms with van der Waals surface area (Å²) in [5, 5.41) is 3.72. The summed E-state index contributed by atoms with van der Waals surface area (Å²) in [5.74, 6) is 0.657. The van der Waals surface area contributed by atoms with E-state index in [2.05, 4.69) is 14.7 Å². The minimum Gasteiger partial charge on any atom is -0.467 e. The Balaban J connectivity index is 2.71. The molecule has 0 fully saturated rings.